The summed E-state index contributed by atoms with van der Waals surface area (Å²) in [7, 11) is 0. The molecule has 0 bridgehead atoms. The highest BCUT2D eigenvalue weighted by Crippen LogP contribution is 2.28. The summed E-state index contributed by atoms with van der Waals surface area (Å²) in [6, 6.07) is 9.02. The zero-order valence-corrected chi connectivity index (χ0v) is 15.7. The lowest BCUT2D eigenvalue weighted by molar-refractivity contribution is -0.129. The first-order chi connectivity index (χ1) is 13.6. The highest BCUT2D eigenvalue weighted by molar-refractivity contribution is 5.94. The van der Waals surface area contributed by atoms with Gasteiger partial charge in [-0.1, -0.05) is 12.6 Å². The van der Waals surface area contributed by atoms with E-state index in [4.69, 9.17) is 10.00 Å². The molecule has 1 aliphatic heterocycles. The quantitative estimate of drug-likeness (QED) is 0.547. The maximum atomic E-state index is 12.7. The number of ether oxygens (including phenoxy) is 1. The lowest BCUT2D eigenvalue weighted by Crippen LogP contribution is -2.28. The molecule has 0 saturated carbocycles. The zero-order valence-electron chi connectivity index (χ0n) is 15.7. The summed E-state index contributed by atoms with van der Waals surface area (Å²) in [6.07, 6.45) is 6.74. The van der Waals surface area contributed by atoms with E-state index in [1.807, 2.05) is 25.1 Å². The Morgan fingerprint density at radius 2 is 2.18 bits per heavy atom. The monoisotopic (exact) mass is 375 g/mol. The van der Waals surface area contributed by atoms with Gasteiger partial charge < -0.3 is 4.74 Å². The van der Waals surface area contributed by atoms with Crippen LogP contribution in [0.25, 0.3) is 0 Å². The Morgan fingerprint density at radius 1 is 1.32 bits per heavy atom. The van der Waals surface area contributed by atoms with Gasteiger partial charge in [0, 0.05) is 36.7 Å². The fourth-order valence-electron chi connectivity index (χ4n) is 2.79. The van der Waals surface area contributed by atoms with Crippen molar-refractivity contribution in [3.05, 3.63) is 65.6 Å². The Labute approximate surface area is 164 Å². The van der Waals surface area contributed by atoms with E-state index in [0.717, 1.165) is 11.3 Å². The zero-order chi connectivity index (χ0) is 19.9. The predicted octanol–water partition coefficient (Wildman–Crippen LogP) is 3.33. The fourth-order valence-corrected chi connectivity index (χ4v) is 2.79. The van der Waals surface area contributed by atoms with Gasteiger partial charge in [-0.2, -0.15) is 10.4 Å². The van der Waals surface area contributed by atoms with Gasteiger partial charge in [0.05, 0.1) is 17.9 Å². The number of amides is 1. The summed E-state index contributed by atoms with van der Waals surface area (Å²) in [5.74, 6) is 0.253. The molecule has 0 N–H and O–H groups in total. The smallest absolute Gasteiger partial charge is 0.269 e. The van der Waals surface area contributed by atoms with Crippen LogP contribution in [0.1, 0.15) is 42.1 Å². The summed E-state index contributed by atoms with van der Waals surface area (Å²) in [6.45, 7) is 6.29. The van der Waals surface area contributed by atoms with Crippen LogP contribution in [0.4, 0.5) is 0 Å². The van der Waals surface area contributed by atoms with Gasteiger partial charge in [-0.25, -0.2) is 9.99 Å². The third kappa shape index (κ3) is 4.60. The van der Waals surface area contributed by atoms with E-state index >= 15 is 0 Å². The number of rotatable bonds is 7. The first kappa shape index (κ1) is 19.2. The van der Waals surface area contributed by atoms with Crippen LogP contribution in [0.3, 0.4) is 0 Å². The Balaban J connectivity index is 1.49. The van der Waals surface area contributed by atoms with Gasteiger partial charge in [-0.3, -0.25) is 9.78 Å². The van der Waals surface area contributed by atoms with Crippen LogP contribution in [0.15, 0.2) is 53.9 Å². The number of aromatic nitrogens is 2. The van der Waals surface area contributed by atoms with E-state index in [9.17, 15) is 4.79 Å². The number of carbonyl (C=O) groups excluding carboxylic acids is 1. The SMILES string of the molecule is C=C(CCCOc1ccc(C#N)cn1)C(=O)N1N=CCC1c1ccc(C)cn1. The highest BCUT2D eigenvalue weighted by Gasteiger charge is 2.30. The van der Waals surface area contributed by atoms with Crippen LogP contribution < -0.4 is 4.74 Å². The van der Waals surface area contributed by atoms with Crippen molar-refractivity contribution in [3.63, 3.8) is 0 Å². The van der Waals surface area contributed by atoms with Gasteiger partial charge in [-0.05, 0) is 37.5 Å². The van der Waals surface area contributed by atoms with E-state index in [2.05, 4.69) is 21.6 Å². The minimum Gasteiger partial charge on any atom is -0.478 e. The molecule has 28 heavy (non-hydrogen) atoms. The molecule has 0 radical (unpaired) electrons. The van der Waals surface area contributed by atoms with E-state index in [0.29, 0.717) is 42.9 Å². The molecule has 142 valence electrons. The molecule has 1 unspecified atom stereocenters. The molecule has 1 amide bonds. The van der Waals surface area contributed by atoms with Gasteiger partial charge in [0.25, 0.3) is 5.91 Å². The van der Waals surface area contributed by atoms with Crippen LogP contribution in [0, 0.1) is 18.3 Å². The highest BCUT2D eigenvalue weighted by atomic mass is 16.5. The molecule has 3 rings (SSSR count). The average Bonchev–Trinajstić information content (AvgIpc) is 3.21. The minimum atomic E-state index is -0.197. The van der Waals surface area contributed by atoms with E-state index in [-0.39, 0.29) is 11.9 Å². The number of nitrogens with zero attached hydrogens (tertiary/aromatic N) is 5. The van der Waals surface area contributed by atoms with Crippen LogP contribution in [0.5, 0.6) is 5.88 Å². The lowest BCUT2D eigenvalue weighted by Gasteiger charge is -2.22. The van der Waals surface area contributed by atoms with Crippen molar-refractivity contribution in [2.24, 2.45) is 5.10 Å². The number of hydrogen-bond donors (Lipinski definition) is 0. The summed E-state index contributed by atoms with van der Waals surface area (Å²) < 4.78 is 5.54. The molecule has 1 aliphatic rings. The Morgan fingerprint density at radius 3 is 2.86 bits per heavy atom. The number of hydrazone groups is 1. The van der Waals surface area contributed by atoms with Crippen LogP contribution in [-0.2, 0) is 4.79 Å². The van der Waals surface area contributed by atoms with E-state index in [1.165, 1.54) is 11.2 Å². The van der Waals surface area contributed by atoms with Crippen molar-refractivity contribution < 1.29 is 9.53 Å². The Kier molecular flexibility index (Phi) is 6.12. The predicted molar refractivity (Wildman–Crippen MR) is 104 cm³/mol. The maximum absolute atomic E-state index is 12.7. The molecule has 7 heteroatoms. The van der Waals surface area contributed by atoms with Crippen molar-refractivity contribution in [3.8, 4) is 11.9 Å². The van der Waals surface area contributed by atoms with Gasteiger partial charge in [0.2, 0.25) is 5.88 Å². The number of aryl methyl sites for hydroxylation is 1. The molecule has 0 fully saturated rings. The molecular weight excluding hydrogens is 354 g/mol. The molecule has 0 saturated heterocycles. The molecule has 1 atom stereocenters. The van der Waals surface area contributed by atoms with Gasteiger partial charge >= 0.3 is 0 Å². The Hall–Kier alpha value is -3.53. The van der Waals surface area contributed by atoms with Crippen molar-refractivity contribution in [2.75, 3.05) is 6.61 Å². The standard InChI is InChI=1S/C21H21N5O2/c1-15-5-7-18(23-13-15)19-9-10-25-26(19)21(27)16(2)4-3-11-28-20-8-6-17(12-22)14-24-20/h5-8,10,13-14,19H,2-4,9,11H2,1H3. The number of hydrogen-bond acceptors (Lipinski definition) is 6. The third-order valence-electron chi connectivity index (χ3n) is 4.35. The lowest BCUT2D eigenvalue weighted by atomic mass is 10.1. The number of pyridine rings is 2. The van der Waals surface area contributed by atoms with Gasteiger partial charge in [0.1, 0.15) is 12.1 Å². The van der Waals surface area contributed by atoms with E-state index < -0.39 is 0 Å². The molecule has 0 aliphatic carbocycles. The summed E-state index contributed by atoms with van der Waals surface area (Å²) in [5, 5.41) is 14.4. The van der Waals surface area contributed by atoms with Crippen LogP contribution in [-0.4, -0.2) is 33.7 Å². The van der Waals surface area contributed by atoms with Gasteiger partial charge in [-0.15, -0.1) is 0 Å². The largest absolute Gasteiger partial charge is 0.478 e. The molecule has 7 nitrogen and oxygen atoms in total. The second-order valence-corrected chi connectivity index (χ2v) is 6.51. The second kappa shape index (κ2) is 8.91. The van der Waals surface area contributed by atoms with Crippen molar-refractivity contribution in [1.29, 1.82) is 5.26 Å². The fraction of sp³-hybridized carbons (Fsp3) is 0.286. The summed E-state index contributed by atoms with van der Waals surface area (Å²) in [4.78, 5) is 21.2. The van der Waals surface area contributed by atoms with Crippen LogP contribution >= 0.6 is 0 Å². The Bertz CT molecular complexity index is 913. The normalized spacial score (nSPS) is 15.3. The minimum absolute atomic E-state index is 0.191. The number of carbonyl (C=O) groups is 1. The molecule has 3 heterocycles. The molecular formula is C21H21N5O2. The first-order valence-corrected chi connectivity index (χ1v) is 9.04. The van der Waals surface area contributed by atoms with Gasteiger partial charge in [0.15, 0.2) is 0 Å². The topological polar surface area (TPSA) is 91.5 Å². The van der Waals surface area contributed by atoms with E-state index in [1.54, 1.807) is 24.5 Å². The van der Waals surface area contributed by atoms with Crippen molar-refractivity contribution in [1.82, 2.24) is 15.0 Å². The molecule has 2 aromatic rings. The van der Waals surface area contributed by atoms with Crippen LogP contribution in [0.2, 0.25) is 0 Å². The van der Waals surface area contributed by atoms with Crippen molar-refractivity contribution >= 4 is 12.1 Å². The second-order valence-electron chi connectivity index (χ2n) is 6.51. The molecule has 0 spiro atoms. The summed E-state index contributed by atoms with van der Waals surface area (Å²) >= 11 is 0. The van der Waals surface area contributed by atoms with Crippen molar-refractivity contribution in [2.45, 2.75) is 32.2 Å². The molecule has 0 aromatic carbocycles. The maximum Gasteiger partial charge on any atom is 0.269 e. The third-order valence-corrected chi connectivity index (χ3v) is 4.35. The summed E-state index contributed by atoms with van der Waals surface area (Å²) in [5.41, 5.74) is 2.85. The molecule has 2 aromatic heterocycles. The first-order valence-electron chi connectivity index (χ1n) is 9.04. The average molecular weight is 375 g/mol. The number of nitriles is 1.